The molecule has 1 atom stereocenters. The molecule has 0 saturated heterocycles. The standard InChI is InChI=1S/C59H114O6/c1-53(2)45-39-33-27-22-18-14-11-9-7-8-10-12-16-21-25-31-38-44-50-59(62)65-56(52-64-58(61)49-43-37-32-26-29-35-41-47-55(5)6)51-63-57(60)48-42-36-30-24-20-17-13-15-19-23-28-34-40-46-54(3)4/h53-56H,7-52H2,1-6H3/t56-/m0/s1. The molecule has 0 aliphatic heterocycles. The highest BCUT2D eigenvalue weighted by molar-refractivity contribution is 5.71. The minimum atomic E-state index is -0.764. The van der Waals surface area contributed by atoms with Gasteiger partial charge in [0.15, 0.2) is 6.10 Å². The topological polar surface area (TPSA) is 78.9 Å². The Bertz CT molecular complexity index is 1010. The second kappa shape index (κ2) is 50.3. The summed E-state index contributed by atoms with van der Waals surface area (Å²) in [7, 11) is 0. The molecule has 0 heterocycles. The molecular weight excluding hydrogens is 805 g/mol. The molecule has 386 valence electrons. The Kier molecular flexibility index (Phi) is 49.1. The smallest absolute Gasteiger partial charge is 0.306 e. The van der Waals surface area contributed by atoms with Gasteiger partial charge in [0.25, 0.3) is 0 Å². The molecule has 0 spiro atoms. The van der Waals surface area contributed by atoms with E-state index in [1.807, 2.05) is 0 Å². The van der Waals surface area contributed by atoms with E-state index < -0.39 is 6.10 Å². The van der Waals surface area contributed by atoms with E-state index in [2.05, 4.69) is 41.5 Å². The third-order valence-electron chi connectivity index (χ3n) is 13.4. The lowest BCUT2D eigenvalue weighted by Crippen LogP contribution is -2.30. The highest BCUT2D eigenvalue weighted by atomic mass is 16.6. The second-order valence-corrected chi connectivity index (χ2v) is 21.7. The normalized spacial score (nSPS) is 12.1. The predicted octanol–water partition coefficient (Wildman–Crippen LogP) is 19.1. The first-order chi connectivity index (χ1) is 31.6. The molecule has 0 aliphatic rings. The number of carbonyl (C=O) groups is 3. The summed E-state index contributed by atoms with van der Waals surface area (Å²) in [6.07, 6.45) is 52.5. The molecule has 0 aliphatic carbocycles. The van der Waals surface area contributed by atoms with Crippen molar-refractivity contribution < 1.29 is 28.6 Å². The number of rotatable bonds is 52. The quantitative estimate of drug-likeness (QED) is 0.0344. The maximum atomic E-state index is 12.8. The summed E-state index contributed by atoms with van der Waals surface area (Å²) in [6, 6.07) is 0. The van der Waals surface area contributed by atoms with E-state index >= 15 is 0 Å². The highest BCUT2D eigenvalue weighted by Crippen LogP contribution is 2.18. The van der Waals surface area contributed by atoms with Crippen LogP contribution in [0.1, 0.15) is 324 Å². The Morgan fingerprint density at radius 1 is 0.262 bits per heavy atom. The van der Waals surface area contributed by atoms with Crippen LogP contribution < -0.4 is 0 Å². The van der Waals surface area contributed by atoms with Gasteiger partial charge in [0.2, 0.25) is 0 Å². The third-order valence-corrected chi connectivity index (χ3v) is 13.4. The van der Waals surface area contributed by atoms with E-state index in [9.17, 15) is 14.4 Å². The maximum absolute atomic E-state index is 12.8. The molecule has 0 unspecified atom stereocenters. The number of esters is 3. The maximum Gasteiger partial charge on any atom is 0.306 e. The Morgan fingerprint density at radius 2 is 0.446 bits per heavy atom. The first-order valence-electron chi connectivity index (χ1n) is 29.1. The summed E-state index contributed by atoms with van der Waals surface area (Å²) in [5.74, 6) is 1.63. The van der Waals surface area contributed by atoms with Gasteiger partial charge < -0.3 is 14.2 Å². The monoisotopic (exact) mass is 919 g/mol. The van der Waals surface area contributed by atoms with Crippen molar-refractivity contribution in [1.29, 1.82) is 0 Å². The van der Waals surface area contributed by atoms with Crippen molar-refractivity contribution >= 4 is 17.9 Å². The van der Waals surface area contributed by atoms with Gasteiger partial charge in [-0.15, -0.1) is 0 Å². The summed E-state index contributed by atoms with van der Waals surface area (Å²) in [6.45, 7) is 13.7. The third kappa shape index (κ3) is 53.2. The molecule has 0 bridgehead atoms. The highest BCUT2D eigenvalue weighted by Gasteiger charge is 2.19. The first kappa shape index (κ1) is 63.4. The number of unbranched alkanes of at least 4 members (excludes halogenated alkanes) is 35. The minimum Gasteiger partial charge on any atom is -0.462 e. The SMILES string of the molecule is CC(C)CCCCCCCCCCCCCCCCCCCCC(=O)O[C@@H](COC(=O)CCCCCCCCCCCCCCCC(C)C)COC(=O)CCCCCCCCCC(C)C. The first-order valence-corrected chi connectivity index (χ1v) is 29.1. The summed E-state index contributed by atoms with van der Waals surface area (Å²) in [4.78, 5) is 38.1. The van der Waals surface area contributed by atoms with Crippen molar-refractivity contribution in [2.75, 3.05) is 13.2 Å². The zero-order valence-electron chi connectivity index (χ0n) is 44.8. The van der Waals surface area contributed by atoms with Crippen LogP contribution in [0.25, 0.3) is 0 Å². The van der Waals surface area contributed by atoms with Gasteiger partial charge in [-0.2, -0.15) is 0 Å². The largest absolute Gasteiger partial charge is 0.462 e. The molecule has 0 aromatic heterocycles. The average Bonchev–Trinajstić information content (AvgIpc) is 3.26. The molecule has 0 rings (SSSR count). The lowest BCUT2D eigenvalue weighted by Gasteiger charge is -2.18. The van der Waals surface area contributed by atoms with E-state index in [-0.39, 0.29) is 31.1 Å². The summed E-state index contributed by atoms with van der Waals surface area (Å²) < 4.78 is 16.9. The summed E-state index contributed by atoms with van der Waals surface area (Å²) in [5, 5.41) is 0. The number of carbonyl (C=O) groups excluding carboxylic acids is 3. The molecule has 0 aromatic carbocycles. The molecule has 0 saturated carbocycles. The van der Waals surface area contributed by atoms with Crippen molar-refractivity contribution in [1.82, 2.24) is 0 Å². The zero-order chi connectivity index (χ0) is 47.7. The van der Waals surface area contributed by atoms with Crippen LogP contribution in [0.2, 0.25) is 0 Å². The van der Waals surface area contributed by atoms with Crippen molar-refractivity contribution in [3.8, 4) is 0 Å². The molecule has 0 aromatic rings. The van der Waals surface area contributed by atoms with E-state index in [4.69, 9.17) is 14.2 Å². The van der Waals surface area contributed by atoms with E-state index in [1.54, 1.807) is 0 Å². The van der Waals surface area contributed by atoms with Crippen molar-refractivity contribution in [2.24, 2.45) is 17.8 Å². The van der Waals surface area contributed by atoms with Crippen LogP contribution in [0, 0.1) is 17.8 Å². The van der Waals surface area contributed by atoms with Crippen LogP contribution in [0.3, 0.4) is 0 Å². The van der Waals surface area contributed by atoms with Crippen LogP contribution >= 0.6 is 0 Å². The fourth-order valence-electron chi connectivity index (χ4n) is 9.00. The van der Waals surface area contributed by atoms with Crippen molar-refractivity contribution in [3.63, 3.8) is 0 Å². The van der Waals surface area contributed by atoms with Crippen molar-refractivity contribution in [2.45, 2.75) is 330 Å². The van der Waals surface area contributed by atoms with Gasteiger partial charge in [-0.25, -0.2) is 0 Å². The van der Waals surface area contributed by atoms with Gasteiger partial charge in [-0.1, -0.05) is 286 Å². The van der Waals surface area contributed by atoms with Crippen LogP contribution in [-0.2, 0) is 28.6 Å². The van der Waals surface area contributed by atoms with Crippen LogP contribution in [-0.4, -0.2) is 37.2 Å². The van der Waals surface area contributed by atoms with Gasteiger partial charge in [-0.05, 0) is 37.0 Å². The fraction of sp³-hybridized carbons (Fsp3) is 0.949. The molecule has 65 heavy (non-hydrogen) atoms. The molecule has 0 fully saturated rings. The molecule has 0 N–H and O–H groups in total. The van der Waals surface area contributed by atoms with Gasteiger partial charge in [0.1, 0.15) is 13.2 Å². The Labute approximate surface area is 406 Å². The number of ether oxygens (including phenoxy) is 3. The molecule has 6 heteroatoms. The van der Waals surface area contributed by atoms with E-state index in [0.717, 1.165) is 75.5 Å². The lowest BCUT2D eigenvalue weighted by atomic mass is 10.0. The van der Waals surface area contributed by atoms with Gasteiger partial charge in [-0.3, -0.25) is 14.4 Å². The molecular formula is C59H114O6. The van der Waals surface area contributed by atoms with Gasteiger partial charge >= 0.3 is 17.9 Å². The number of hydrogen-bond donors (Lipinski definition) is 0. The van der Waals surface area contributed by atoms with E-state index in [0.29, 0.717) is 19.3 Å². The van der Waals surface area contributed by atoms with Crippen molar-refractivity contribution in [3.05, 3.63) is 0 Å². The molecule has 6 nitrogen and oxygen atoms in total. The second-order valence-electron chi connectivity index (χ2n) is 21.7. The summed E-state index contributed by atoms with van der Waals surface area (Å²) in [5.41, 5.74) is 0. The molecule has 0 radical (unpaired) electrons. The van der Waals surface area contributed by atoms with E-state index in [1.165, 1.54) is 205 Å². The van der Waals surface area contributed by atoms with Crippen LogP contribution in [0.5, 0.6) is 0 Å². The van der Waals surface area contributed by atoms with Crippen LogP contribution in [0.15, 0.2) is 0 Å². The summed E-state index contributed by atoms with van der Waals surface area (Å²) >= 11 is 0. The van der Waals surface area contributed by atoms with Crippen LogP contribution in [0.4, 0.5) is 0 Å². The zero-order valence-corrected chi connectivity index (χ0v) is 44.8. The molecule has 0 amide bonds. The minimum absolute atomic E-state index is 0.0641. The average molecular weight is 920 g/mol. The predicted molar refractivity (Wildman–Crippen MR) is 279 cm³/mol. The Balaban J connectivity index is 4.22. The Morgan fingerprint density at radius 3 is 0.662 bits per heavy atom. The number of hydrogen-bond acceptors (Lipinski definition) is 6. The fourth-order valence-corrected chi connectivity index (χ4v) is 9.00. The lowest BCUT2D eigenvalue weighted by molar-refractivity contribution is -0.167. The van der Waals surface area contributed by atoms with Gasteiger partial charge in [0, 0.05) is 19.3 Å². The Hall–Kier alpha value is -1.59. The van der Waals surface area contributed by atoms with Gasteiger partial charge in [0.05, 0.1) is 0 Å².